The second-order valence-corrected chi connectivity index (χ2v) is 8.67. The first-order valence-corrected chi connectivity index (χ1v) is 10.4. The van der Waals surface area contributed by atoms with E-state index in [0.29, 0.717) is 5.39 Å². The quantitative estimate of drug-likeness (QED) is 0.652. The van der Waals surface area contributed by atoms with E-state index in [1.54, 1.807) is 38.1 Å². The third-order valence-electron chi connectivity index (χ3n) is 4.13. The Morgan fingerprint density at radius 3 is 2.54 bits per heavy atom. The van der Waals surface area contributed by atoms with Gasteiger partial charge in [-0.15, -0.1) is 11.3 Å². The molecule has 1 aromatic heterocycles. The zero-order chi connectivity index (χ0) is 18.9. The molecule has 3 rings (SSSR count). The summed E-state index contributed by atoms with van der Waals surface area (Å²) in [4.78, 5) is 13.3. The second-order valence-electron chi connectivity index (χ2n) is 5.79. The van der Waals surface area contributed by atoms with E-state index < -0.39 is 16.0 Å². The largest absolute Gasteiger partial charge is 0.462 e. The van der Waals surface area contributed by atoms with Gasteiger partial charge in [-0.2, -0.15) is 0 Å². The normalized spacial score (nSPS) is 11.5. The molecule has 0 saturated heterocycles. The molecular weight excluding hydrogens is 370 g/mol. The van der Waals surface area contributed by atoms with Crippen molar-refractivity contribution >= 4 is 43.1 Å². The molecule has 0 aliphatic rings. The summed E-state index contributed by atoms with van der Waals surface area (Å²) in [6.45, 7) is 5.57. The summed E-state index contributed by atoms with van der Waals surface area (Å²) in [5, 5.41) is 1.75. The van der Waals surface area contributed by atoms with E-state index in [1.165, 1.54) is 11.3 Å². The van der Waals surface area contributed by atoms with E-state index >= 15 is 0 Å². The first-order valence-electron chi connectivity index (χ1n) is 8.13. The average molecular weight is 389 g/mol. The van der Waals surface area contributed by atoms with Crippen LogP contribution in [-0.4, -0.2) is 21.0 Å². The third-order valence-corrected chi connectivity index (χ3v) is 6.79. The number of anilines is 1. The highest BCUT2D eigenvalue weighted by atomic mass is 32.2. The molecular formula is C19H19NO4S2. The highest BCUT2D eigenvalue weighted by molar-refractivity contribution is 7.93. The van der Waals surface area contributed by atoms with Crippen LogP contribution in [-0.2, 0) is 14.8 Å². The lowest BCUT2D eigenvalue weighted by molar-refractivity contribution is 0.0527. The lowest BCUT2D eigenvalue weighted by atomic mass is 10.1. The Morgan fingerprint density at radius 1 is 1.12 bits per heavy atom. The lowest BCUT2D eigenvalue weighted by Gasteiger charge is -2.11. The molecule has 7 heteroatoms. The predicted molar refractivity (Wildman–Crippen MR) is 105 cm³/mol. The second kappa shape index (κ2) is 7.09. The SMILES string of the molecule is CCOC(=O)c1c(NS(=O)(=O)c2cccc3ccccc23)sc(C)c1C. The molecule has 0 spiro atoms. The summed E-state index contributed by atoms with van der Waals surface area (Å²) in [5.41, 5.74) is 1.00. The van der Waals surface area contributed by atoms with Crippen LogP contribution in [0, 0.1) is 13.8 Å². The van der Waals surface area contributed by atoms with Crippen molar-refractivity contribution in [3.63, 3.8) is 0 Å². The van der Waals surface area contributed by atoms with Crippen molar-refractivity contribution in [1.29, 1.82) is 0 Å². The van der Waals surface area contributed by atoms with Crippen molar-refractivity contribution < 1.29 is 17.9 Å². The molecule has 2 aromatic carbocycles. The van der Waals surface area contributed by atoms with E-state index in [1.807, 2.05) is 25.1 Å². The maximum atomic E-state index is 13.0. The molecule has 136 valence electrons. The van der Waals surface area contributed by atoms with Gasteiger partial charge in [-0.25, -0.2) is 13.2 Å². The fourth-order valence-electron chi connectivity index (χ4n) is 2.75. The third kappa shape index (κ3) is 3.32. The first-order chi connectivity index (χ1) is 12.3. The molecule has 0 unspecified atom stereocenters. The van der Waals surface area contributed by atoms with E-state index in [0.717, 1.165) is 15.8 Å². The molecule has 0 aliphatic heterocycles. The van der Waals surface area contributed by atoms with E-state index in [2.05, 4.69) is 4.72 Å². The highest BCUT2D eigenvalue weighted by Crippen LogP contribution is 2.35. The number of hydrogen-bond donors (Lipinski definition) is 1. The minimum absolute atomic E-state index is 0.175. The van der Waals surface area contributed by atoms with Gasteiger partial charge in [-0.1, -0.05) is 36.4 Å². The number of thiophene rings is 1. The standard InChI is InChI=1S/C19H19NO4S2/c1-4-24-19(21)17-12(2)13(3)25-18(17)20-26(22,23)16-11-7-9-14-8-5-6-10-15(14)16/h5-11,20H,4H2,1-3H3. The predicted octanol–water partition coefficient (Wildman–Crippen LogP) is 4.50. The summed E-state index contributed by atoms with van der Waals surface area (Å²) in [7, 11) is -3.86. The Bertz CT molecular complexity index is 1080. The van der Waals surface area contributed by atoms with E-state index in [9.17, 15) is 13.2 Å². The maximum Gasteiger partial charge on any atom is 0.341 e. The van der Waals surface area contributed by atoms with Crippen molar-refractivity contribution in [1.82, 2.24) is 0 Å². The molecule has 0 aliphatic carbocycles. The van der Waals surface area contributed by atoms with Gasteiger partial charge in [0.15, 0.2) is 0 Å². The van der Waals surface area contributed by atoms with Crippen LogP contribution in [0.25, 0.3) is 10.8 Å². The van der Waals surface area contributed by atoms with Crippen molar-refractivity contribution in [2.24, 2.45) is 0 Å². The molecule has 0 bridgehead atoms. The number of esters is 1. The van der Waals surface area contributed by atoms with Crippen LogP contribution in [0.5, 0.6) is 0 Å². The number of rotatable bonds is 5. The highest BCUT2D eigenvalue weighted by Gasteiger charge is 2.25. The van der Waals surface area contributed by atoms with E-state index in [4.69, 9.17) is 4.74 Å². The van der Waals surface area contributed by atoms with Gasteiger partial charge in [-0.3, -0.25) is 4.72 Å². The number of carbonyl (C=O) groups is 1. The summed E-state index contributed by atoms with van der Waals surface area (Å²) >= 11 is 1.23. The smallest absolute Gasteiger partial charge is 0.341 e. The van der Waals surface area contributed by atoms with E-state index in [-0.39, 0.29) is 22.1 Å². The lowest BCUT2D eigenvalue weighted by Crippen LogP contribution is -2.15. The van der Waals surface area contributed by atoms with Crippen LogP contribution in [0.4, 0.5) is 5.00 Å². The minimum atomic E-state index is -3.86. The van der Waals surface area contributed by atoms with Crippen LogP contribution in [0.15, 0.2) is 47.4 Å². The first kappa shape index (κ1) is 18.4. The Balaban J connectivity index is 2.08. The zero-order valence-corrected chi connectivity index (χ0v) is 16.3. The molecule has 1 heterocycles. The number of fused-ring (bicyclic) bond motifs is 1. The van der Waals surface area contributed by atoms with Crippen LogP contribution < -0.4 is 4.72 Å². The maximum absolute atomic E-state index is 13.0. The minimum Gasteiger partial charge on any atom is -0.462 e. The molecule has 5 nitrogen and oxygen atoms in total. The van der Waals surface area contributed by atoms with Gasteiger partial charge < -0.3 is 4.74 Å². The number of hydrogen-bond acceptors (Lipinski definition) is 5. The Hall–Kier alpha value is -2.38. The van der Waals surface area contributed by atoms with Gasteiger partial charge in [0.25, 0.3) is 10.0 Å². The molecule has 0 atom stereocenters. The molecule has 1 N–H and O–H groups in total. The zero-order valence-electron chi connectivity index (χ0n) is 14.7. The number of nitrogens with one attached hydrogen (secondary N) is 1. The number of aryl methyl sites for hydroxylation is 1. The topological polar surface area (TPSA) is 72.5 Å². The Labute approximate surface area is 156 Å². The number of sulfonamides is 1. The monoisotopic (exact) mass is 389 g/mol. The Kier molecular flexibility index (Phi) is 5.02. The van der Waals surface area contributed by atoms with Gasteiger partial charge in [0, 0.05) is 10.3 Å². The average Bonchev–Trinajstić information content (AvgIpc) is 2.87. The summed E-state index contributed by atoms with van der Waals surface area (Å²) in [6.07, 6.45) is 0. The van der Waals surface area contributed by atoms with Crippen LogP contribution >= 0.6 is 11.3 Å². The van der Waals surface area contributed by atoms with Gasteiger partial charge in [-0.05, 0) is 37.8 Å². The van der Waals surface area contributed by atoms with Crippen LogP contribution in [0.3, 0.4) is 0 Å². The molecule has 26 heavy (non-hydrogen) atoms. The van der Waals surface area contributed by atoms with Crippen molar-refractivity contribution in [3.8, 4) is 0 Å². The molecule has 0 radical (unpaired) electrons. The van der Waals surface area contributed by atoms with Crippen molar-refractivity contribution in [3.05, 3.63) is 58.5 Å². The fourth-order valence-corrected chi connectivity index (χ4v) is 5.34. The van der Waals surface area contributed by atoms with Crippen LogP contribution in [0.2, 0.25) is 0 Å². The van der Waals surface area contributed by atoms with Gasteiger partial charge >= 0.3 is 5.97 Å². The molecule has 3 aromatic rings. The van der Waals surface area contributed by atoms with Gasteiger partial charge in [0.1, 0.15) is 5.00 Å². The van der Waals surface area contributed by atoms with Gasteiger partial charge in [0.05, 0.1) is 17.1 Å². The summed E-state index contributed by atoms with van der Waals surface area (Å²) in [6, 6.07) is 12.4. The van der Waals surface area contributed by atoms with Crippen molar-refractivity contribution in [2.45, 2.75) is 25.7 Å². The molecule has 0 saturated carbocycles. The van der Waals surface area contributed by atoms with Crippen molar-refractivity contribution in [2.75, 3.05) is 11.3 Å². The fraction of sp³-hybridized carbons (Fsp3) is 0.211. The Morgan fingerprint density at radius 2 is 1.81 bits per heavy atom. The number of ether oxygens (including phenoxy) is 1. The summed E-state index contributed by atoms with van der Waals surface area (Å²) < 4.78 is 33.7. The summed E-state index contributed by atoms with van der Waals surface area (Å²) in [5.74, 6) is -0.523. The van der Waals surface area contributed by atoms with Crippen LogP contribution in [0.1, 0.15) is 27.7 Å². The van der Waals surface area contributed by atoms with Gasteiger partial charge in [0.2, 0.25) is 0 Å². The molecule has 0 fully saturated rings. The molecule has 0 amide bonds. The number of carbonyl (C=O) groups excluding carboxylic acids is 1. The number of benzene rings is 2.